The van der Waals surface area contributed by atoms with Gasteiger partial charge in [-0.3, -0.25) is 9.78 Å². The van der Waals surface area contributed by atoms with Crippen LogP contribution in [0.15, 0.2) is 30.5 Å². The first-order valence-electron chi connectivity index (χ1n) is 10.9. The van der Waals surface area contributed by atoms with Crippen LogP contribution in [-0.2, 0) is 20.7 Å². The Morgan fingerprint density at radius 3 is 2.56 bits per heavy atom. The van der Waals surface area contributed by atoms with Gasteiger partial charge in [0.1, 0.15) is 12.9 Å². The molecule has 11 nitrogen and oxygen atoms in total. The molecule has 5 heterocycles. The summed E-state index contributed by atoms with van der Waals surface area (Å²) in [5.41, 5.74) is 0.910. The van der Waals surface area contributed by atoms with E-state index in [1.807, 2.05) is 4.90 Å². The van der Waals surface area contributed by atoms with E-state index < -0.39 is 0 Å². The normalized spacial score (nSPS) is 22.4. The van der Waals surface area contributed by atoms with Crippen LogP contribution < -0.4 is 0 Å². The summed E-state index contributed by atoms with van der Waals surface area (Å²) in [6, 6.07) is 0. The molecule has 32 heavy (non-hydrogen) atoms. The van der Waals surface area contributed by atoms with Crippen LogP contribution in [0.4, 0.5) is 0 Å². The van der Waals surface area contributed by atoms with Crippen molar-refractivity contribution in [1.82, 2.24) is 40.0 Å². The molecule has 0 saturated carbocycles. The number of amides is 1. The predicted molar refractivity (Wildman–Crippen MR) is 111 cm³/mol. The molecule has 2 fully saturated rings. The monoisotopic (exact) mass is 438 g/mol. The summed E-state index contributed by atoms with van der Waals surface area (Å²) in [4.78, 5) is 38.1. The number of cyclic esters (lactones) is 1. The van der Waals surface area contributed by atoms with Crippen LogP contribution in [0.25, 0.3) is 5.82 Å². The van der Waals surface area contributed by atoms with Gasteiger partial charge in [0.15, 0.2) is 5.82 Å². The summed E-state index contributed by atoms with van der Waals surface area (Å²) in [5, 5.41) is 11.0. The molecule has 1 amide bonds. The van der Waals surface area contributed by atoms with Crippen molar-refractivity contribution >= 4 is 11.9 Å². The fourth-order valence-corrected chi connectivity index (χ4v) is 5.24. The second-order valence-corrected chi connectivity index (χ2v) is 9.37. The molecule has 0 aliphatic carbocycles. The molecule has 0 atom stereocenters. The first-order chi connectivity index (χ1) is 15.4. The Bertz CT molecular complexity index is 1040. The summed E-state index contributed by atoms with van der Waals surface area (Å²) >= 11 is 0. The molecular weight excluding hydrogens is 412 g/mol. The number of ether oxygens (including phenoxy) is 1. The van der Waals surface area contributed by atoms with Gasteiger partial charge in [0.05, 0.1) is 29.2 Å². The molecule has 0 N–H and O–H groups in total. The van der Waals surface area contributed by atoms with Crippen LogP contribution in [0.3, 0.4) is 0 Å². The van der Waals surface area contributed by atoms with Gasteiger partial charge in [-0.1, -0.05) is 0 Å². The van der Waals surface area contributed by atoms with E-state index in [4.69, 9.17) is 4.74 Å². The van der Waals surface area contributed by atoms with Gasteiger partial charge in [0, 0.05) is 24.6 Å². The highest BCUT2D eigenvalue weighted by Gasteiger charge is 2.57. The van der Waals surface area contributed by atoms with Crippen molar-refractivity contribution in [3.05, 3.63) is 36.2 Å². The van der Waals surface area contributed by atoms with E-state index in [0.29, 0.717) is 11.5 Å². The SMILES string of the molecule is CC1(C)CC2(CCN(CCc3cnc(-n4cnnn4)cn3)CC2)C(=O)N1C1=CC(=O)OC1. The molecule has 2 saturated heterocycles. The first-order valence-corrected chi connectivity index (χ1v) is 10.9. The zero-order valence-electron chi connectivity index (χ0n) is 18.3. The lowest BCUT2D eigenvalue weighted by atomic mass is 9.74. The Labute approximate surface area is 185 Å². The van der Waals surface area contributed by atoms with Crippen molar-refractivity contribution in [2.45, 2.75) is 45.1 Å². The standard InChI is InChI=1S/C21H26N8O3/c1-20(2)13-21(19(31)29(20)16-9-18(30)32-12-16)4-7-27(8-5-21)6-3-15-10-23-17(11-22-15)28-14-24-25-26-28/h9-11,14H,3-8,12-13H2,1-2H3. The molecule has 2 aromatic heterocycles. The molecular formula is C21H26N8O3. The molecule has 0 aromatic carbocycles. The van der Waals surface area contributed by atoms with E-state index in [0.717, 1.165) is 51.0 Å². The summed E-state index contributed by atoms with van der Waals surface area (Å²) in [6.45, 7) is 6.93. The van der Waals surface area contributed by atoms with Crippen LogP contribution in [0.1, 0.15) is 38.8 Å². The summed E-state index contributed by atoms with van der Waals surface area (Å²) in [5.74, 6) is 0.347. The molecule has 2 aromatic rings. The van der Waals surface area contributed by atoms with Crippen LogP contribution in [0.5, 0.6) is 0 Å². The quantitative estimate of drug-likeness (QED) is 0.616. The zero-order valence-corrected chi connectivity index (χ0v) is 18.3. The van der Waals surface area contributed by atoms with E-state index in [2.05, 4.69) is 44.2 Å². The van der Waals surface area contributed by atoms with Gasteiger partial charge in [0.25, 0.3) is 0 Å². The van der Waals surface area contributed by atoms with Crippen molar-refractivity contribution in [2.24, 2.45) is 5.41 Å². The number of rotatable bonds is 5. The van der Waals surface area contributed by atoms with Crippen LogP contribution in [-0.4, -0.2) is 83.6 Å². The van der Waals surface area contributed by atoms with Gasteiger partial charge in [-0.05, 0) is 56.6 Å². The number of hydrogen-bond donors (Lipinski definition) is 0. The smallest absolute Gasteiger partial charge is 0.333 e. The molecule has 1 spiro atoms. The maximum absolute atomic E-state index is 13.5. The average Bonchev–Trinajstić information content (AvgIpc) is 3.49. The second-order valence-electron chi connectivity index (χ2n) is 9.37. The predicted octanol–water partition coefficient (Wildman–Crippen LogP) is 0.529. The van der Waals surface area contributed by atoms with E-state index in [9.17, 15) is 9.59 Å². The third-order valence-corrected chi connectivity index (χ3v) is 6.74. The molecule has 3 aliphatic heterocycles. The Kier molecular flexibility index (Phi) is 5.00. The van der Waals surface area contributed by atoms with Gasteiger partial charge in [-0.15, -0.1) is 5.10 Å². The highest BCUT2D eigenvalue weighted by molar-refractivity contribution is 5.91. The Morgan fingerprint density at radius 1 is 1.12 bits per heavy atom. The van der Waals surface area contributed by atoms with Gasteiger partial charge >= 0.3 is 5.97 Å². The Balaban J connectivity index is 1.18. The van der Waals surface area contributed by atoms with E-state index in [-0.39, 0.29) is 29.4 Å². The Morgan fingerprint density at radius 2 is 1.94 bits per heavy atom. The molecule has 5 rings (SSSR count). The van der Waals surface area contributed by atoms with Gasteiger partial charge in [-0.25, -0.2) is 9.78 Å². The maximum Gasteiger partial charge on any atom is 0.333 e. The lowest BCUT2D eigenvalue weighted by Gasteiger charge is -2.38. The fraction of sp³-hybridized carbons (Fsp3) is 0.571. The van der Waals surface area contributed by atoms with Crippen molar-refractivity contribution in [3.63, 3.8) is 0 Å². The first kappa shape index (κ1) is 20.7. The fourth-order valence-electron chi connectivity index (χ4n) is 5.24. The number of tetrazole rings is 1. The average molecular weight is 438 g/mol. The Hall–Kier alpha value is -3.21. The van der Waals surface area contributed by atoms with Gasteiger partial charge in [0.2, 0.25) is 5.91 Å². The lowest BCUT2D eigenvalue weighted by Crippen LogP contribution is -2.45. The van der Waals surface area contributed by atoms with Crippen molar-refractivity contribution in [1.29, 1.82) is 0 Å². The van der Waals surface area contributed by atoms with Crippen molar-refractivity contribution < 1.29 is 14.3 Å². The second kappa shape index (κ2) is 7.73. The van der Waals surface area contributed by atoms with Crippen LogP contribution >= 0.6 is 0 Å². The van der Waals surface area contributed by atoms with E-state index in [1.54, 1.807) is 12.4 Å². The minimum Gasteiger partial charge on any atom is -0.456 e. The van der Waals surface area contributed by atoms with E-state index >= 15 is 0 Å². The minimum atomic E-state index is -0.367. The molecule has 0 unspecified atom stereocenters. The highest BCUT2D eigenvalue weighted by Crippen LogP contribution is 2.50. The minimum absolute atomic E-state index is 0.135. The van der Waals surface area contributed by atoms with Crippen molar-refractivity contribution in [3.8, 4) is 5.82 Å². The number of likely N-dealkylation sites (tertiary alicyclic amines) is 2. The number of nitrogens with zero attached hydrogens (tertiary/aromatic N) is 8. The molecule has 0 radical (unpaired) electrons. The number of hydrogen-bond acceptors (Lipinski definition) is 9. The number of carbonyl (C=O) groups is 2. The molecule has 11 heteroatoms. The van der Waals surface area contributed by atoms with Gasteiger partial charge in [-0.2, -0.15) is 4.68 Å². The van der Waals surface area contributed by atoms with E-state index in [1.165, 1.54) is 17.1 Å². The van der Waals surface area contributed by atoms with Crippen LogP contribution in [0, 0.1) is 5.41 Å². The highest BCUT2D eigenvalue weighted by atomic mass is 16.5. The summed E-state index contributed by atoms with van der Waals surface area (Å²) < 4.78 is 6.53. The summed E-state index contributed by atoms with van der Waals surface area (Å²) in [6.07, 6.45) is 9.57. The number of aromatic nitrogens is 6. The maximum atomic E-state index is 13.5. The third-order valence-electron chi connectivity index (χ3n) is 6.74. The van der Waals surface area contributed by atoms with Crippen LogP contribution in [0.2, 0.25) is 0 Å². The third kappa shape index (κ3) is 3.66. The van der Waals surface area contributed by atoms with Crippen molar-refractivity contribution in [2.75, 3.05) is 26.2 Å². The lowest BCUT2D eigenvalue weighted by molar-refractivity contribution is -0.139. The number of esters is 1. The molecule has 168 valence electrons. The summed E-state index contributed by atoms with van der Waals surface area (Å²) in [7, 11) is 0. The number of piperidine rings is 1. The topological polar surface area (TPSA) is 119 Å². The zero-order chi connectivity index (χ0) is 22.3. The number of carbonyl (C=O) groups excluding carboxylic acids is 2. The largest absolute Gasteiger partial charge is 0.456 e. The molecule has 0 bridgehead atoms. The molecule has 3 aliphatic rings. The van der Waals surface area contributed by atoms with Gasteiger partial charge < -0.3 is 14.5 Å².